The van der Waals surface area contributed by atoms with Gasteiger partial charge in [-0.3, -0.25) is 0 Å². The number of anilines is 4. The van der Waals surface area contributed by atoms with Crippen molar-refractivity contribution >= 4 is 34.9 Å². The Balaban J connectivity index is 1.77. The third-order valence-electron chi connectivity index (χ3n) is 2.97. The van der Waals surface area contributed by atoms with Gasteiger partial charge in [-0.05, 0) is 37.6 Å². The summed E-state index contributed by atoms with van der Waals surface area (Å²) in [7, 11) is 0. The highest BCUT2D eigenvalue weighted by atomic mass is 35.5. The third-order valence-corrected chi connectivity index (χ3v) is 3.37. The highest BCUT2D eigenvalue weighted by molar-refractivity contribution is 6.31. The fourth-order valence-electron chi connectivity index (χ4n) is 1.84. The van der Waals surface area contributed by atoms with Crippen LogP contribution in [-0.2, 0) is 0 Å². The fourth-order valence-corrected chi connectivity index (χ4v) is 2.03. The lowest BCUT2D eigenvalue weighted by Crippen LogP contribution is -2.00. The lowest BCUT2D eigenvalue weighted by atomic mass is 10.2. The highest BCUT2D eigenvalue weighted by Crippen LogP contribution is 2.22. The SMILES string of the molecule is Cc1cc(Nc2ccnc(Nc3ccc(C)c(Cl)c3)n2)no1. The molecule has 2 aromatic heterocycles. The van der Waals surface area contributed by atoms with E-state index >= 15 is 0 Å². The summed E-state index contributed by atoms with van der Waals surface area (Å²) in [6, 6.07) is 9.23. The van der Waals surface area contributed by atoms with E-state index < -0.39 is 0 Å². The molecule has 2 heterocycles. The molecule has 112 valence electrons. The van der Waals surface area contributed by atoms with Crippen LogP contribution in [0.3, 0.4) is 0 Å². The van der Waals surface area contributed by atoms with Crippen LogP contribution in [0.5, 0.6) is 0 Å². The van der Waals surface area contributed by atoms with Gasteiger partial charge in [0.1, 0.15) is 11.6 Å². The van der Waals surface area contributed by atoms with Crippen LogP contribution in [0.25, 0.3) is 0 Å². The molecule has 3 rings (SSSR count). The van der Waals surface area contributed by atoms with Gasteiger partial charge in [0, 0.05) is 23.0 Å². The predicted octanol–water partition coefficient (Wildman–Crippen LogP) is 4.22. The molecular formula is C15H14ClN5O. The molecule has 0 bridgehead atoms. The summed E-state index contributed by atoms with van der Waals surface area (Å²) in [6.45, 7) is 3.78. The second kappa shape index (κ2) is 6.03. The summed E-state index contributed by atoms with van der Waals surface area (Å²) in [5.74, 6) is 2.40. The maximum absolute atomic E-state index is 6.11. The van der Waals surface area contributed by atoms with Crippen molar-refractivity contribution in [1.29, 1.82) is 0 Å². The summed E-state index contributed by atoms with van der Waals surface area (Å²) >= 11 is 6.11. The second-order valence-corrected chi connectivity index (χ2v) is 5.21. The molecule has 1 aromatic carbocycles. The Labute approximate surface area is 132 Å². The van der Waals surface area contributed by atoms with Crippen molar-refractivity contribution in [2.24, 2.45) is 0 Å². The van der Waals surface area contributed by atoms with Gasteiger partial charge in [-0.2, -0.15) is 4.98 Å². The lowest BCUT2D eigenvalue weighted by molar-refractivity contribution is 0.400. The zero-order chi connectivity index (χ0) is 15.5. The van der Waals surface area contributed by atoms with Crippen molar-refractivity contribution in [2.75, 3.05) is 10.6 Å². The van der Waals surface area contributed by atoms with Crippen LogP contribution in [0.4, 0.5) is 23.3 Å². The van der Waals surface area contributed by atoms with Crippen LogP contribution < -0.4 is 10.6 Å². The molecule has 0 aliphatic rings. The van der Waals surface area contributed by atoms with E-state index in [1.165, 1.54) is 0 Å². The van der Waals surface area contributed by atoms with Crippen molar-refractivity contribution < 1.29 is 4.52 Å². The van der Waals surface area contributed by atoms with Gasteiger partial charge in [-0.1, -0.05) is 22.8 Å². The third kappa shape index (κ3) is 3.35. The number of rotatable bonds is 4. The van der Waals surface area contributed by atoms with Gasteiger partial charge in [-0.25, -0.2) is 4.98 Å². The molecule has 0 amide bonds. The Hall–Kier alpha value is -2.60. The summed E-state index contributed by atoms with van der Waals surface area (Å²) in [5.41, 5.74) is 1.84. The van der Waals surface area contributed by atoms with Gasteiger partial charge >= 0.3 is 0 Å². The molecule has 0 radical (unpaired) electrons. The molecule has 0 aliphatic carbocycles. The molecule has 0 saturated carbocycles. The highest BCUT2D eigenvalue weighted by Gasteiger charge is 2.05. The number of hydrogen-bond acceptors (Lipinski definition) is 6. The molecule has 6 nitrogen and oxygen atoms in total. The smallest absolute Gasteiger partial charge is 0.229 e. The van der Waals surface area contributed by atoms with Gasteiger partial charge in [0.15, 0.2) is 5.82 Å². The summed E-state index contributed by atoms with van der Waals surface area (Å²) < 4.78 is 5.00. The first kappa shape index (κ1) is 14.3. The van der Waals surface area contributed by atoms with E-state index in [0.29, 0.717) is 22.6 Å². The first-order valence-electron chi connectivity index (χ1n) is 6.67. The average molecular weight is 316 g/mol. The zero-order valence-electron chi connectivity index (χ0n) is 12.1. The van der Waals surface area contributed by atoms with Gasteiger partial charge in [0.2, 0.25) is 5.95 Å². The van der Waals surface area contributed by atoms with Crippen LogP contribution in [0.15, 0.2) is 41.1 Å². The Kier molecular flexibility index (Phi) is 3.93. The molecule has 22 heavy (non-hydrogen) atoms. The number of aromatic nitrogens is 3. The molecule has 7 heteroatoms. The van der Waals surface area contributed by atoms with Gasteiger partial charge < -0.3 is 15.2 Å². The Bertz CT molecular complexity index is 802. The average Bonchev–Trinajstić information content (AvgIpc) is 2.89. The topological polar surface area (TPSA) is 75.9 Å². The standard InChI is InChI=1S/C15H14ClN5O/c1-9-3-4-11(8-12(9)16)18-15-17-6-5-13(20-15)19-14-7-10(2)22-21-14/h3-8H,1-2H3,(H2,17,18,19,20,21). The Morgan fingerprint density at radius 3 is 2.64 bits per heavy atom. The molecule has 0 atom stereocenters. The molecule has 0 unspecified atom stereocenters. The minimum absolute atomic E-state index is 0.463. The maximum atomic E-state index is 6.11. The fraction of sp³-hybridized carbons (Fsp3) is 0.133. The van der Waals surface area contributed by atoms with Crippen LogP contribution in [0.1, 0.15) is 11.3 Å². The van der Waals surface area contributed by atoms with Gasteiger partial charge in [0.25, 0.3) is 0 Å². The Morgan fingerprint density at radius 1 is 1.05 bits per heavy atom. The van der Waals surface area contributed by atoms with Crippen LogP contribution in [0.2, 0.25) is 5.02 Å². The quantitative estimate of drug-likeness (QED) is 0.750. The number of aryl methyl sites for hydroxylation is 2. The van der Waals surface area contributed by atoms with Gasteiger partial charge in [-0.15, -0.1) is 0 Å². The Morgan fingerprint density at radius 2 is 1.91 bits per heavy atom. The predicted molar refractivity (Wildman–Crippen MR) is 86.0 cm³/mol. The van der Waals surface area contributed by atoms with E-state index in [4.69, 9.17) is 16.1 Å². The molecule has 0 saturated heterocycles. The van der Waals surface area contributed by atoms with Crippen LogP contribution in [-0.4, -0.2) is 15.1 Å². The first-order chi connectivity index (χ1) is 10.6. The van der Waals surface area contributed by atoms with Crippen LogP contribution >= 0.6 is 11.6 Å². The normalized spacial score (nSPS) is 10.5. The van der Waals surface area contributed by atoms with Crippen molar-refractivity contribution in [3.8, 4) is 0 Å². The van der Waals surface area contributed by atoms with E-state index in [2.05, 4.69) is 25.8 Å². The molecule has 0 aliphatic heterocycles. The summed E-state index contributed by atoms with van der Waals surface area (Å²) in [5, 5.41) is 10.7. The number of nitrogens with zero attached hydrogens (tertiary/aromatic N) is 3. The van der Waals surface area contributed by atoms with Crippen molar-refractivity contribution in [3.63, 3.8) is 0 Å². The van der Waals surface area contributed by atoms with Gasteiger partial charge in [0.05, 0.1) is 0 Å². The lowest BCUT2D eigenvalue weighted by Gasteiger charge is -2.08. The first-order valence-corrected chi connectivity index (χ1v) is 7.04. The van der Waals surface area contributed by atoms with E-state index in [1.807, 2.05) is 32.0 Å². The van der Waals surface area contributed by atoms with Crippen molar-refractivity contribution in [3.05, 3.63) is 52.9 Å². The van der Waals surface area contributed by atoms with Crippen LogP contribution in [0, 0.1) is 13.8 Å². The van der Waals surface area contributed by atoms with Crippen molar-refractivity contribution in [2.45, 2.75) is 13.8 Å². The minimum atomic E-state index is 0.463. The molecule has 3 aromatic rings. The molecule has 0 fully saturated rings. The van der Waals surface area contributed by atoms with E-state index in [9.17, 15) is 0 Å². The number of benzene rings is 1. The molecule has 0 spiro atoms. The monoisotopic (exact) mass is 315 g/mol. The van der Waals surface area contributed by atoms with E-state index in [1.54, 1.807) is 18.3 Å². The summed E-state index contributed by atoms with van der Waals surface area (Å²) in [4.78, 5) is 8.55. The second-order valence-electron chi connectivity index (χ2n) is 4.80. The van der Waals surface area contributed by atoms with Crippen molar-refractivity contribution in [1.82, 2.24) is 15.1 Å². The minimum Gasteiger partial charge on any atom is -0.360 e. The number of halogens is 1. The largest absolute Gasteiger partial charge is 0.360 e. The maximum Gasteiger partial charge on any atom is 0.229 e. The zero-order valence-corrected chi connectivity index (χ0v) is 12.8. The number of nitrogens with one attached hydrogen (secondary N) is 2. The number of hydrogen-bond donors (Lipinski definition) is 2. The molecule has 2 N–H and O–H groups in total. The van der Waals surface area contributed by atoms with E-state index in [0.717, 1.165) is 17.0 Å². The van der Waals surface area contributed by atoms with E-state index in [-0.39, 0.29) is 0 Å². The molecular weight excluding hydrogens is 302 g/mol. The summed E-state index contributed by atoms with van der Waals surface area (Å²) in [6.07, 6.45) is 1.65.